The van der Waals surface area contributed by atoms with Crippen molar-refractivity contribution in [1.82, 2.24) is 0 Å². The van der Waals surface area contributed by atoms with E-state index in [-0.39, 0.29) is 16.8 Å². The van der Waals surface area contributed by atoms with Crippen LogP contribution >= 0.6 is 23.4 Å². The zero-order valence-corrected chi connectivity index (χ0v) is 21.9. The zero-order chi connectivity index (χ0) is 26.1. The number of rotatable bonds is 7. The van der Waals surface area contributed by atoms with Crippen LogP contribution in [0, 0.1) is 0 Å². The Morgan fingerprint density at radius 3 is 2.46 bits per heavy atom. The van der Waals surface area contributed by atoms with Crippen molar-refractivity contribution < 1.29 is 18.7 Å². The summed E-state index contributed by atoms with van der Waals surface area (Å²) in [5, 5.41) is 0.722. The van der Waals surface area contributed by atoms with Crippen LogP contribution in [0.3, 0.4) is 0 Å². The Morgan fingerprint density at radius 1 is 1.05 bits per heavy atom. The summed E-state index contributed by atoms with van der Waals surface area (Å²) in [6.07, 6.45) is 3.70. The maximum absolute atomic E-state index is 13.7. The van der Waals surface area contributed by atoms with Gasteiger partial charge < -0.3 is 9.15 Å². The molecule has 0 aliphatic carbocycles. The molecule has 2 heterocycles. The molecule has 0 saturated carbocycles. The molecule has 1 aromatic heterocycles. The molecule has 1 atom stereocenters. The fourth-order valence-electron chi connectivity index (χ4n) is 4.46. The third kappa shape index (κ3) is 4.65. The number of anilines is 1. The highest BCUT2D eigenvalue weighted by Crippen LogP contribution is 2.41. The number of carbonyl (C=O) groups excluding carboxylic acids is 2. The second kappa shape index (κ2) is 10.4. The van der Waals surface area contributed by atoms with Gasteiger partial charge in [0.05, 0.1) is 29.2 Å². The van der Waals surface area contributed by atoms with Gasteiger partial charge in [0.2, 0.25) is 5.76 Å². The number of esters is 1. The first-order chi connectivity index (χ1) is 17.9. The maximum atomic E-state index is 13.7. The average Bonchev–Trinajstić information content (AvgIpc) is 3.21. The standard InChI is InChI=1S/C29H24ClNO5S/c1-3-4-15-35-29(34)18-5-10-20(11-6-18)31-25(17-7-12-21(37-2)13-8-17)24-26(32)22-16-19(30)9-14-23(22)36-27(24)28(31)33/h5-14,16,25H,3-4,15H2,1-2H3. The number of nitrogens with zero attached hydrogens (tertiary/aromatic N) is 1. The van der Waals surface area contributed by atoms with Crippen molar-refractivity contribution in [3.05, 3.63) is 104 Å². The SMILES string of the molecule is CCCCOC(=O)c1ccc(N2C(=O)c3oc4ccc(Cl)cc4c(=O)c3C2c2ccc(SC)cc2)cc1. The highest BCUT2D eigenvalue weighted by Gasteiger charge is 2.43. The lowest BCUT2D eigenvalue weighted by Gasteiger charge is -2.25. The van der Waals surface area contributed by atoms with Crippen LogP contribution in [-0.4, -0.2) is 24.7 Å². The molecular weight excluding hydrogens is 510 g/mol. The molecule has 4 aromatic rings. The molecule has 1 unspecified atom stereocenters. The van der Waals surface area contributed by atoms with Crippen LogP contribution in [0.5, 0.6) is 0 Å². The van der Waals surface area contributed by atoms with E-state index in [0.717, 1.165) is 23.3 Å². The maximum Gasteiger partial charge on any atom is 0.338 e. The summed E-state index contributed by atoms with van der Waals surface area (Å²) >= 11 is 7.77. The Bertz CT molecular complexity index is 1550. The first kappa shape index (κ1) is 25.1. The number of hydrogen-bond donors (Lipinski definition) is 0. The molecule has 8 heteroatoms. The zero-order valence-electron chi connectivity index (χ0n) is 20.3. The van der Waals surface area contributed by atoms with Crippen LogP contribution in [0.1, 0.15) is 57.8 Å². The summed E-state index contributed by atoms with van der Waals surface area (Å²) in [5.41, 5.74) is 1.94. The van der Waals surface area contributed by atoms with Gasteiger partial charge in [-0.2, -0.15) is 0 Å². The molecule has 0 fully saturated rings. The van der Waals surface area contributed by atoms with Crippen LogP contribution in [-0.2, 0) is 4.74 Å². The van der Waals surface area contributed by atoms with Crippen molar-refractivity contribution in [2.45, 2.75) is 30.7 Å². The second-order valence-corrected chi connectivity index (χ2v) is 10.0. The van der Waals surface area contributed by atoms with Crippen molar-refractivity contribution >= 4 is 51.9 Å². The molecule has 1 aliphatic heterocycles. The first-order valence-corrected chi connectivity index (χ1v) is 13.5. The van der Waals surface area contributed by atoms with Crippen LogP contribution in [0.2, 0.25) is 5.02 Å². The summed E-state index contributed by atoms with van der Waals surface area (Å²) in [6, 6.07) is 18.4. The molecule has 37 heavy (non-hydrogen) atoms. The number of unbranched alkanes of at least 4 members (excludes halogenated alkanes) is 1. The van der Waals surface area contributed by atoms with Crippen LogP contribution in [0.4, 0.5) is 5.69 Å². The van der Waals surface area contributed by atoms with Gasteiger partial charge in [-0.1, -0.05) is 37.1 Å². The topological polar surface area (TPSA) is 76.8 Å². The molecule has 0 bridgehead atoms. The molecule has 1 aliphatic rings. The summed E-state index contributed by atoms with van der Waals surface area (Å²) in [6.45, 7) is 2.38. The predicted octanol–water partition coefficient (Wildman–Crippen LogP) is 6.88. The second-order valence-electron chi connectivity index (χ2n) is 8.70. The van der Waals surface area contributed by atoms with Gasteiger partial charge in [0, 0.05) is 15.6 Å². The number of hydrogen-bond acceptors (Lipinski definition) is 6. The molecule has 0 saturated heterocycles. The number of thioether (sulfide) groups is 1. The summed E-state index contributed by atoms with van der Waals surface area (Å²) < 4.78 is 11.3. The Hall–Kier alpha value is -3.55. The van der Waals surface area contributed by atoms with Gasteiger partial charge in [0.1, 0.15) is 5.58 Å². The van der Waals surface area contributed by atoms with E-state index < -0.39 is 17.9 Å². The van der Waals surface area contributed by atoms with E-state index in [1.165, 1.54) is 4.90 Å². The molecule has 1 amide bonds. The van der Waals surface area contributed by atoms with Gasteiger partial charge in [-0.05, 0) is 72.8 Å². The summed E-state index contributed by atoms with van der Waals surface area (Å²) in [5.74, 6) is -0.844. The van der Waals surface area contributed by atoms with E-state index in [1.54, 1.807) is 54.2 Å². The Balaban J connectivity index is 1.62. The molecule has 6 nitrogen and oxygen atoms in total. The molecule has 0 radical (unpaired) electrons. The average molecular weight is 534 g/mol. The number of halogens is 1. The van der Waals surface area contributed by atoms with Crippen molar-refractivity contribution in [2.24, 2.45) is 0 Å². The van der Waals surface area contributed by atoms with Gasteiger partial charge in [-0.3, -0.25) is 14.5 Å². The van der Waals surface area contributed by atoms with Gasteiger partial charge in [0.15, 0.2) is 5.43 Å². The number of benzene rings is 3. The fourth-order valence-corrected chi connectivity index (χ4v) is 5.04. The van der Waals surface area contributed by atoms with Gasteiger partial charge in [-0.25, -0.2) is 4.79 Å². The van der Waals surface area contributed by atoms with Crippen molar-refractivity contribution in [3.63, 3.8) is 0 Å². The van der Waals surface area contributed by atoms with E-state index in [0.29, 0.717) is 33.8 Å². The molecule has 5 rings (SSSR count). The Labute approximate surface area is 223 Å². The quantitative estimate of drug-likeness (QED) is 0.146. The van der Waals surface area contributed by atoms with Crippen molar-refractivity contribution in [2.75, 3.05) is 17.8 Å². The fraction of sp³-hybridized carbons (Fsp3) is 0.207. The molecule has 0 N–H and O–H groups in total. The normalized spacial score (nSPS) is 14.7. The van der Waals surface area contributed by atoms with Gasteiger partial charge >= 0.3 is 5.97 Å². The number of fused-ring (bicyclic) bond motifs is 2. The number of amides is 1. The van der Waals surface area contributed by atoms with Crippen LogP contribution in [0.25, 0.3) is 11.0 Å². The lowest BCUT2D eigenvalue weighted by atomic mass is 9.98. The largest absolute Gasteiger partial charge is 0.462 e. The van der Waals surface area contributed by atoms with E-state index in [9.17, 15) is 14.4 Å². The number of ether oxygens (including phenoxy) is 1. The number of carbonyl (C=O) groups is 2. The van der Waals surface area contributed by atoms with Crippen LogP contribution < -0.4 is 10.3 Å². The summed E-state index contributed by atoms with van der Waals surface area (Å²) in [7, 11) is 0. The predicted molar refractivity (Wildman–Crippen MR) is 146 cm³/mol. The highest BCUT2D eigenvalue weighted by atomic mass is 35.5. The highest BCUT2D eigenvalue weighted by molar-refractivity contribution is 7.98. The minimum Gasteiger partial charge on any atom is -0.462 e. The van der Waals surface area contributed by atoms with E-state index in [2.05, 4.69) is 0 Å². The minimum atomic E-state index is -0.708. The van der Waals surface area contributed by atoms with Crippen molar-refractivity contribution in [3.8, 4) is 0 Å². The van der Waals surface area contributed by atoms with E-state index in [4.69, 9.17) is 20.8 Å². The third-order valence-electron chi connectivity index (χ3n) is 6.38. The van der Waals surface area contributed by atoms with Gasteiger partial charge in [0.25, 0.3) is 5.91 Å². The first-order valence-electron chi connectivity index (χ1n) is 11.9. The molecule has 3 aromatic carbocycles. The van der Waals surface area contributed by atoms with Crippen molar-refractivity contribution in [1.29, 1.82) is 0 Å². The van der Waals surface area contributed by atoms with Crippen LogP contribution in [0.15, 0.2) is 80.8 Å². The monoisotopic (exact) mass is 533 g/mol. The van der Waals surface area contributed by atoms with Gasteiger partial charge in [-0.15, -0.1) is 11.8 Å². The molecule has 0 spiro atoms. The summed E-state index contributed by atoms with van der Waals surface area (Å²) in [4.78, 5) is 42.4. The minimum absolute atomic E-state index is 0.00168. The lowest BCUT2D eigenvalue weighted by Crippen LogP contribution is -2.29. The molecule has 188 valence electrons. The molecular formula is C29H24ClNO5S. The smallest absolute Gasteiger partial charge is 0.338 e. The lowest BCUT2D eigenvalue weighted by molar-refractivity contribution is 0.0499. The third-order valence-corrected chi connectivity index (χ3v) is 7.35. The Kier molecular flexibility index (Phi) is 7.09. The Morgan fingerprint density at radius 2 is 1.78 bits per heavy atom. The van der Waals surface area contributed by atoms with E-state index in [1.807, 2.05) is 37.4 Å². The van der Waals surface area contributed by atoms with E-state index >= 15 is 0 Å².